The molecule has 4 nitrogen and oxygen atoms in total. The number of hydrogen-bond donors (Lipinski definition) is 2. The van der Waals surface area contributed by atoms with Crippen LogP contribution in [0.5, 0.6) is 0 Å². The van der Waals surface area contributed by atoms with Gasteiger partial charge in [0.15, 0.2) is 0 Å². The van der Waals surface area contributed by atoms with Crippen molar-refractivity contribution >= 4 is 11.9 Å². The van der Waals surface area contributed by atoms with Gasteiger partial charge in [-0.3, -0.25) is 10.0 Å². The smallest absolute Gasteiger partial charge is 0.249 e. The van der Waals surface area contributed by atoms with Gasteiger partial charge in [0.25, 0.3) is 0 Å². The van der Waals surface area contributed by atoms with E-state index >= 15 is 0 Å². The van der Waals surface area contributed by atoms with Crippen LogP contribution in [0.2, 0.25) is 0 Å². The van der Waals surface area contributed by atoms with Crippen LogP contribution in [-0.4, -0.2) is 16.7 Å². The summed E-state index contributed by atoms with van der Waals surface area (Å²) in [6, 6.07) is 3.11. The summed E-state index contributed by atoms with van der Waals surface area (Å²) in [7, 11) is 0. The van der Waals surface area contributed by atoms with Gasteiger partial charge in [0.05, 0.1) is 6.54 Å². The van der Waals surface area contributed by atoms with Crippen molar-refractivity contribution in [3.8, 4) is 0 Å². The molecular weight excluding hydrogens is 156 g/mol. The molecule has 12 heavy (non-hydrogen) atoms. The SMILES string of the molecule is O=c1ccc2c([nH]1)N(O)CC=C2. The van der Waals surface area contributed by atoms with Gasteiger partial charge in [-0.25, -0.2) is 5.06 Å². The summed E-state index contributed by atoms with van der Waals surface area (Å²) in [6.45, 7) is 0.410. The maximum absolute atomic E-state index is 10.9. The van der Waals surface area contributed by atoms with Gasteiger partial charge in [-0.05, 0) is 6.07 Å². The van der Waals surface area contributed by atoms with Gasteiger partial charge in [0.2, 0.25) is 5.56 Å². The average molecular weight is 164 g/mol. The average Bonchev–Trinajstić information content (AvgIpc) is 2.07. The van der Waals surface area contributed by atoms with E-state index in [2.05, 4.69) is 4.98 Å². The Balaban J connectivity index is 2.63. The monoisotopic (exact) mass is 164 g/mol. The number of rotatable bonds is 0. The molecule has 1 aliphatic heterocycles. The zero-order valence-electron chi connectivity index (χ0n) is 6.32. The molecule has 62 valence electrons. The summed E-state index contributed by atoms with van der Waals surface area (Å²) >= 11 is 0. The third kappa shape index (κ3) is 1.02. The van der Waals surface area contributed by atoms with Crippen LogP contribution in [0.4, 0.5) is 5.82 Å². The zero-order valence-corrected chi connectivity index (χ0v) is 6.32. The van der Waals surface area contributed by atoms with E-state index in [1.165, 1.54) is 6.07 Å². The van der Waals surface area contributed by atoms with Crippen LogP contribution in [0.25, 0.3) is 6.08 Å². The lowest BCUT2D eigenvalue weighted by Crippen LogP contribution is -2.25. The molecule has 2 N–H and O–H groups in total. The highest BCUT2D eigenvalue weighted by molar-refractivity contribution is 5.66. The van der Waals surface area contributed by atoms with E-state index in [1.807, 2.05) is 12.2 Å². The summed E-state index contributed by atoms with van der Waals surface area (Å²) in [6.07, 6.45) is 3.68. The summed E-state index contributed by atoms with van der Waals surface area (Å²) in [5.41, 5.74) is 0.617. The maximum atomic E-state index is 10.9. The molecule has 1 aliphatic rings. The number of fused-ring (bicyclic) bond motifs is 1. The fourth-order valence-electron chi connectivity index (χ4n) is 1.19. The van der Waals surface area contributed by atoms with Crippen molar-refractivity contribution < 1.29 is 5.21 Å². The standard InChI is InChI=1S/C8H8N2O2/c11-7-4-3-6-2-1-5-10(12)8(6)9-7/h1-4,12H,5H2,(H,9,11). The number of pyridine rings is 1. The second-order valence-electron chi connectivity index (χ2n) is 2.61. The van der Waals surface area contributed by atoms with E-state index in [9.17, 15) is 10.0 Å². The number of aromatic amines is 1. The zero-order chi connectivity index (χ0) is 8.55. The van der Waals surface area contributed by atoms with E-state index in [0.717, 1.165) is 10.6 Å². The predicted octanol–water partition coefficient (Wildman–Crippen LogP) is 0.597. The minimum atomic E-state index is -0.205. The number of hydrogen-bond acceptors (Lipinski definition) is 3. The van der Waals surface area contributed by atoms with Crippen molar-refractivity contribution in [1.29, 1.82) is 0 Å². The molecule has 0 radical (unpaired) electrons. The topological polar surface area (TPSA) is 56.3 Å². The number of aromatic nitrogens is 1. The molecular formula is C8H8N2O2. The first kappa shape index (κ1) is 7.12. The second-order valence-corrected chi connectivity index (χ2v) is 2.61. The molecule has 0 saturated heterocycles. The number of nitrogens with one attached hydrogen (secondary N) is 1. The molecule has 4 heteroatoms. The fraction of sp³-hybridized carbons (Fsp3) is 0.125. The predicted molar refractivity (Wildman–Crippen MR) is 45.2 cm³/mol. The van der Waals surface area contributed by atoms with Gasteiger partial charge < -0.3 is 4.98 Å². The van der Waals surface area contributed by atoms with Crippen molar-refractivity contribution in [3.05, 3.63) is 34.1 Å². The van der Waals surface area contributed by atoms with E-state index < -0.39 is 0 Å². The van der Waals surface area contributed by atoms with E-state index in [1.54, 1.807) is 6.07 Å². The molecule has 0 fully saturated rings. The van der Waals surface area contributed by atoms with Crippen LogP contribution < -0.4 is 10.6 Å². The molecule has 2 heterocycles. The summed E-state index contributed by atoms with van der Waals surface area (Å²) in [5.74, 6) is 0.463. The first-order chi connectivity index (χ1) is 5.77. The third-order valence-electron chi connectivity index (χ3n) is 1.76. The molecule has 2 rings (SSSR count). The number of hydroxylamine groups is 1. The van der Waals surface area contributed by atoms with E-state index in [4.69, 9.17) is 0 Å². The van der Waals surface area contributed by atoms with Crippen molar-refractivity contribution in [2.24, 2.45) is 0 Å². The van der Waals surface area contributed by atoms with Crippen LogP contribution in [0, 0.1) is 0 Å². The Bertz CT molecular complexity index is 381. The maximum Gasteiger partial charge on any atom is 0.249 e. The normalized spacial score (nSPS) is 14.6. The Hall–Kier alpha value is -1.55. The molecule has 0 aliphatic carbocycles. The Morgan fingerprint density at radius 1 is 1.50 bits per heavy atom. The number of nitrogens with zero attached hydrogens (tertiary/aromatic N) is 1. The fourth-order valence-corrected chi connectivity index (χ4v) is 1.19. The summed E-state index contributed by atoms with van der Waals surface area (Å²) in [4.78, 5) is 13.4. The van der Waals surface area contributed by atoms with Gasteiger partial charge in [-0.1, -0.05) is 12.2 Å². The lowest BCUT2D eigenvalue weighted by Gasteiger charge is -2.19. The molecule has 0 atom stereocenters. The van der Waals surface area contributed by atoms with E-state index in [0.29, 0.717) is 12.4 Å². The van der Waals surface area contributed by atoms with Crippen LogP contribution in [-0.2, 0) is 0 Å². The summed E-state index contributed by atoms with van der Waals surface area (Å²) < 4.78 is 0. The van der Waals surface area contributed by atoms with Crippen LogP contribution >= 0.6 is 0 Å². The Morgan fingerprint density at radius 2 is 2.33 bits per heavy atom. The van der Waals surface area contributed by atoms with Crippen molar-refractivity contribution in [2.75, 3.05) is 11.6 Å². The third-order valence-corrected chi connectivity index (χ3v) is 1.76. The lowest BCUT2D eigenvalue weighted by atomic mass is 10.2. The Labute approximate surface area is 68.7 Å². The van der Waals surface area contributed by atoms with Gasteiger partial charge in [0, 0.05) is 11.6 Å². The molecule has 0 amide bonds. The number of anilines is 1. The second kappa shape index (κ2) is 2.49. The highest BCUT2D eigenvalue weighted by Crippen LogP contribution is 2.18. The summed E-state index contributed by atoms with van der Waals surface area (Å²) in [5, 5.41) is 10.3. The van der Waals surface area contributed by atoms with Crippen LogP contribution in [0.15, 0.2) is 23.0 Å². The minimum absolute atomic E-state index is 0.205. The van der Waals surface area contributed by atoms with Gasteiger partial charge in [-0.2, -0.15) is 0 Å². The molecule has 0 unspecified atom stereocenters. The lowest BCUT2D eigenvalue weighted by molar-refractivity contribution is 0.261. The molecule has 0 aromatic carbocycles. The van der Waals surface area contributed by atoms with Gasteiger partial charge in [0.1, 0.15) is 5.82 Å². The number of H-pyrrole nitrogens is 1. The first-order valence-corrected chi connectivity index (χ1v) is 3.63. The largest absolute Gasteiger partial charge is 0.307 e. The molecule has 0 spiro atoms. The van der Waals surface area contributed by atoms with Crippen LogP contribution in [0.1, 0.15) is 5.56 Å². The molecule has 0 bridgehead atoms. The van der Waals surface area contributed by atoms with Crippen LogP contribution in [0.3, 0.4) is 0 Å². The van der Waals surface area contributed by atoms with E-state index in [-0.39, 0.29) is 5.56 Å². The quantitative estimate of drug-likeness (QED) is 0.590. The molecule has 1 aromatic rings. The first-order valence-electron chi connectivity index (χ1n) is 3.63. The van der Waals surface area contributed by atoms with Gasteiger partial charge in [-0.15, -0.1) is 0 Å². The Kier molecular flexibility index (Phi) is 1.48. The van der Waals surface area contributed by atoms with Crippen molar-refractivity contribution in [3.63, 3.8) is 0 Å². The highest BCUT2D eigenvalue weighted by Gasteiger charge is 2.10. The Morgan fingerprint density at radius 3 is 3.17 bits per heavy atom. The highest BCUT2D eigenvalue weighted by atomic mass is 16.5. The van der Waals surface area contributed by atoms with Crippen molar-refractivity contribution in [1.82, 2.24) is 4.98 Å². The van der Waals surface area contributed by atoms with Gasteiger partial charge >= 0.3 is 0 Å². The minimum Gasteiger partial charge on any atom is -0.307 e. The molecule has 1 aromatic heterocycles. The van der Waals surface area contributed by atoms with Crippen molar-refractivity contribution in [2.45, 2.75) is 0 Å². The molecule has 0 saturated carbocycles.